The van der Waals surface area contributed by atoms with Crippen LogP contribution in [0.15, 0.2) is 28.7 Å². The Kier molecular flexibility index (Phi) is 5.37. The maximum absolute atomic E-state index is 12.4. The predicted molar refractivity (Wildman–Crippen MR) is 94.7 cm³/mol. The summed E-state index contributed by atoms with van der Waals surface area (Å²) >= 11 is 0. The number of nitrogens with zero attached hydrogens (tertiary/aromatic N) is 1. The molecule has 1 aromatic carbocycles. The molecule has 0 unspecified atom stereocenters. The minimum Gasteiger partial charge on any atom is -0.461 e. The Balaban J connectivity index is 0.00000192. The van der Waals surface area contributed by atoms with Crippen LogP contribution in [0.25, 0.3) is 11.0 Å². The van der Waals surface area contributed by atoms with Gasteiger partial charge in [-0.25, -0.2) is 0 Å². The van der Waals surface area contributed by atoms with Crippen molar-refractivity contribution in [3.63, 3.8) is 0 Å². The summed E-state index contributed by atoms with van der Waals surface area (Å²) in [5, 5.41) is 1.11. The average molecular weight is 337 g/mol. The Bertz CT molecular complexity index is 691. The zero-order chi connectivity index (χ0) is 15.7. The quantitative estimate of drug-likeness (QED) is 0.876. The number of carbonyl (C=O) groups excluding carboxylic acids is 1. The molecule has 1 aromatic heterocycles. The number of nitrogens with two attached hydrogens (primary N) is 1. The second-order valence-electron chi connectivity index (χ2n) is 6.42. The Morgan fingerprint density at radius 1 is 1.35 bits per heavy atom. The monoisotopic (exact) mass is 336 g/mol. The smallest absolute Gasteiger partial charge is 0.242 e. The number of para-hydroxylation sites is 1. The molecule has 0 spiro atoms. The number of hydrogen-bond acceptors (Lipinski definition) is 3. The molecule has 126 valence electrons. The molecular formula is C18H25ClN2O2. The van der Waals surface area contributed by atoms with E-state index in [1.54, 1.807) is 4.90 Å². The summed E-state index contributed by atoms with van der Waals surface area (Å²) in [6, 6.07) is 8.05. The van der Waals surface area contributed by atoms with Crippen LogP contribution in [0.5, 0.6) is 0 Å². The van der Waals surface area contributed by atoms with Crippen LogP contribution in [0, 0.1) is 0 Å². The Morgan fingerprint density at radius 2 is 2.04 bits per heavy atom. The molecule has 0 atom stereocenters. The highest BCUT2D eigenvalue weighted by molar-refractivity contribution is 5.89. The number of carbonyl (C=O) groups is 1. The Morgan fingerprint density at radius 3 is 2.70 bits per heavy atom. The van der Waals surface area contributed by atoms with Crippen molar-refractivity contribution >= 4 is 29.3 Å². The first kappa shape index (κ1) is 17.8. The first-order valence-electron chi connectivity index (χ1n) is 8.09. The number of fused-ring (bicyclic) bond motifs is 1. The second kappa shape index (κ2) is 6.93. The van der Waals surface area contributed by atoms with Gasteiger partial charge in [0.15, 0.2) is 0 Å². The van der Waals surface area contributed by atoms with Crippen LogP contribution in [0.4, 0.5) is 0 Å². The fourth-order valence-electron chi connectivity index (χ4n) is 2.90. The van der Waals surface area contributed by atoms with Crippen molar-refractivity contribution in [2.75, 3.05) is 7.05 Å². The van der Waals surface area contributed by atoms with Crippen LogP contribution in [0.3, 0.4) is 0 Å². The van der Waals surface area contributed by atoms with E-state index in [4.69, 9.17) is 10.2 Å². The normalized spacial score (nSPS) is 15.3. The van der Waals surface area contributed by atoms with Crippen LogP contribution < -0.4 is 5.73 Å². The fraction of sp³-hybridized carbons (Fsp3) is 0.500. The van der Waals surface area contributed by atoms with Crippen LogP contribution >= 0.6 is 12.4 Å². The molecule has 5 heteroatoms. The molecule has 1 saturated carbocycles. The molecule has 23 heavy (non-hydrogen) atoms. The lowest BCUT2D eigenvalue weighted by molar-refractivity contribution is -0.132. The number of amides is 1. The van der Waals surface area contributed by atoms with Crippen molar-refractivity contribution in [1.82, 2.24) is 4.90 Å². The summed E-state index contributed by atoms with van der Waals surface area (Å²) in [6.45, 7) is 2.73. The third-order valence-electron chi connectivity index (χ3n) is 4.50. The van der Waals surface area contributed by atoms with Gasteiger partial charge in [0.1, 0.15) is 11.3 Å². The van der Waals surface area contributed by atoms with E-state index < -0.39 is 5.54 Å². The molecule has 2 N–H and O–H groups in total. The van der Waals surface area contributed by atoms with Gasteiger partial charge in [0, 0.05) is 31.0 Å². The van der Waals surface area contributed by atoms with Gasteiger partial charge in [0.25, 0.3) is 0 Å². The number of halogens is 1. The number of furan rings is 1. The lowest BCUT2D eigenvalue weighted by Gasteiger charge is -2.21. The maximum Gasteiger partial charge on any atom is 0.242 e. The predicted octanol–water partition coefficient (Wildman–Crippen LogP) is 3.65. The summed E-state index contributed by atoms with van der Waals surface area (Å²) in [4.78, 5) is 14.1. The van der Waals surface area contributed by atoms with E-state index in [2.05, 4.69) is 13.0 Å². The van der Waals surface area contributed by atoms with Gasteiger partial charge in [-0.15, -0.1) is 12.4 Å². The molecule has 2 aromatic rings. The fourth-order valence-corrected chi connectivity index (χ4v) is 2.90. The molecule has 0 aliphatic heterocycles. The zero-order valence-electron chi connectivity index (χ0n) is 13.8. The Labute approximate surface area is 143 Å². The Hall–Kier alpha value is -1.52. The molecule has 4 nitrogen and oxygen atoms in total. The van der Waals surface area contributed by atoms with Gasteiger partial charge in [-0.05, 0) is 25.3 Å². The van der Waals surface area contributed by atoms with Gasteiger partial charge in [-0.2, -0.15) is 0 Å². The van der Waals surface area contributed by atoms with Crippen LogP contribution in [0.1, 0.15) is 43.9 Å². The van der Waals surface area contributed by atoms with Crippen LogP contribution in [-0.4, -0.2) is 23.4 Å². The molecule has 0 radical (unpaired) electrons. The molecule has 0 saturated heterocycles. The summed E-state index contributed by atoms with van der Waals surface area (Å²) in [5.41, 5.74) is 7.45. The van der Waals surface area contributed by atoms with Crippen LogP contribution in [-0.2, 0) is 17.8 Å². The molecule has 3 rings (SSSR count). The summed E-state index contributed by atoms with van der Waals surface area (Å²) in [7, 11) is 1.83. The number of benzene rings is 1. The lowest BCUT2D eigenvalue weighted by atomic mass is 10.1. The van der Waals surface area contributed by atoms with Gasteiger partial charge in [0.2, 0.25) is 5.91 Å². The summed E-state index contributed by atoms with van der Waals surface area (Å²) < 4.78 is 6.01. The molecule has 1 heterocycles. The maximum atomic E-state index is 12.4. The van der Waals surface area contributed by atoms with Crippen molar-refractivity contribution in [2.24, 2.45) is 5.73 Å². The summed E-state index contributed by atoms with van der Waals surface area (Å²) in [5.74, 6) is 1.05. The van der Waals surface area contributed by atoms with E-state index >= 15 is 0 Å². The largest absolute Gasteiger partial charge is 0.461 e. The third-order valence-corrected chi connectivity index (χ3v) is 4.50. The minimum atomic E-state index is -0.613. The first-order chi connectivity index (χ1) is 10.5. The van der Waals surface area contributed by atoms with Crippen LogP contribution in [0.2, 0.25) is 0 Å². The van der Waals surface area contributed by atoms with Gasteiger partial charge in [-0.1, -0.05) is 31.5 Å². The molecule has 1 fully saturated rings. The molecule has 1 aliphatic rings. The average Bonchev–Trinajstić information content (AvgIpc) is 3.18. The number of likely N-dealkylation sites (N-methyl/N-ethyl adjacent to an activating group) is 1. The van der Waals surface area contributed by atoms with Gasteiger partial charge in [0.05, 0.1) is 5.54 Å². The lowest BCUT2D eigenvalue weighted by Crippen LogP contribution is -2.43. The topological polar surface area (TPSA) is 59.5 Å². The van der Waals surface area contributed by atoms with Crippen molar-refractivity contribution in [1.29, 1.82) is 0 Å². The zero-order valence-corrected chi connectivity index (χ0v) is 14.6. The molecule has 0 bridgehead atoms. The van der Waals surface area contributed by atoms with E-state index in [0.717, 1.165) is 54.4 Å². The number of rotatable bonds is 6. The highest BCUT2D eigenvalue weighted by Gasteiger charge is 2.47. The van der Waals surface area contributed by atoms with Crippen molar-refractivity contribution in [2.45, 2.75) is 51.1 Å². The van der Waals surface area contributed by atoms with E-state index in [0.29, 0.717) is 6.54 Å². The molecule has 1 aliphatic carbocycles. The van der Waals surface area contributed by atoms with Crippen molar-refractivity contribution in [3.05, 3.63) is 35.6 Å². The number of unbranched alkanes of at least 4 members (excludes halogenated alkanes) is 1. The SMILES string of the molecule is CCCCc1oc2ccccc2c1CN(C)C(=O)C1(N)CC1.Cl. The van der Waals surface area contributed by atoms with Crippen molar-refractivity contribution in [3.8, 4) is 0 Å². The third kappa shape index (κ3) is 3.54. The van der Waals surface area contributed by atoms with Gasteiger partial charge >= 0.3 is 0 Å². The number of hydrogen-bond donors (Lipinski definition) is 1. The van der Waals surface area contributed by atoms with Crippen molar-refractivity contribution < 1.29 is 9.21 Å². The standard InChI is InChI=1S/C18H24N2O2.ClH/c1-3-4-8-16-14(13-7-5-6-9-15(13)22-16)12-20(2)17(21)18(19)10-11-18;/h5-7,9H,3-4,8,10-12,19H2,1-2H3;1H. The first-order valence-corrected chi connectivity index (χ1v) is 8.09. The number of aryl methyl sites for hydroxylation is 1. The molecule has 1 amide bonds. The van der Waals surface area contributed by atoms with E-state index in [1.165, 1.54) is 0 Å². The van der Waals surface area contributed by atoms with E-state index in [1.807, 2.05) is 25.2 Å². The highest BCUT2D eigenvalue weighted by atomic mass is 35.5. The minimum absolute atomic E-state index is 0. The van der Waals surface area contributed by atoms with Gasteiger partial charge in [-0.3, -0.25) is 4.79 Å². The second-order valence-corrected chi connectivity index (χ2v) is 6.42. The molecular weight excluding hydrogens is 312 g/mol. The van der Waals surface area contributed by atoms with E-state index in [-0.39, 0.29) is 18.3 Å². The summed E-state index contributed by atoms with van der Waals surface area (Å²) in [6.07, 6.45) is 4.72. The highest BCUT2D eigenvalue weighted by Crippen LogP contribution is 2.35. The van der Waals surface area contributed by atoms with Gasteiger partial charge < -0.3 is 15.1 Å². The van der Waals surface area contributed by atoms with E-state index in [9.17, 15) is 4.79 Å².